The van der Waals surface area contributed by atoms with Gasteiger partial charge in [-0.05, 0) is 52.2 Å². The monoisotopic (exact) mass is 416 g/mol. The van der Waals surface area contributed by atoms with E-state index in [9.17, 15) is 14.7 Å². The summed E-state index contributed by atoms with van der Waals surface area (Å²) < 4.78 is 5.62. The third-order valence-corrected chi connectivity index (χ3v) is 5.63. The summed E-state index contributed by atoms with van der Waals surface area (Å²) in [5.74, 6) is -0.585. The number of rotatable bonds is 7. The Morgan fingerprint density at radius 3 is 2.67 bits per heavy atom. The smallest absolute Gasteiger partial charge is 0.336 e. The van der Waals surface area contributed by atoms with Gasteiger partial charge in [-0.1, -0.05) is 12.5 Å². The number of aryl methyl sites for hydroxylation is 1. The van der Waals surface area contributed by atoms with Crippen LogP contribution in [0, 0.1) is 6.92 Å². The Kier molecular flexibility index (Phi) is 8.11. The van der Waals surface area contributed by atoms with E-state index in [0.29, 0.717) is 36.6 Å². The number of aromatic carboxylic acids is 1. The first-order valence-electron chi connectivity index (χ1n) is 10.2. The number of nitrogens with zero attached hydrogens (tertiary/aromatic N) is 3. The van der Waals surface area contributed by atoms with Gasteiger partial charge in [-0.3, -0.25) is 9.79 Å². The van der Waals surface area contributed by atoms with Crippen molar-refractivity contribution in [2.45, 2.75) is 59.6 Å². The van der Waals surface area contributed by atoms with Crippen LogP contribution in [0.3, 0.4) is 0 Å². The maximum Gasteiger partial charge on any atom is 0.336 e. The van der Waals surface area contributed by atoms with E-state index < -0.39 is 5.97 Å². The fourth-order valence-electron chi connectivity index (χ4n) is 3.37. The van der Waals surface area contributed by atoms with Crippen LogP contribution in [0.25, 0.3) is 0 Å². The average molecular weight is 417 g/mol. The van der Waals surface area contributed by atoms with Gasteiger partial charge in [0.2, 0.25) is 0 Å². The summed E-state index contributed by atoms with van der Waals surface area (Å²) in [5, 5.41) is 12.4. The van der Waals surface area contributed by atoms with Crippen LogP contribution in [0.4, 0.5) is 5.82 Å². The first-order valence-corrected chi connectivity index (χ1v) is 10.2. The molecule has 1 aromatic rings. The molecule has 8 nitrogen and oxygen atoms in total. The van der Waals surface area contributed by atoms with E-state index in [1.807, 2.05) is 18.7 Å². The summed E-state index contributed by atoms with van der Waals surface area (Å²) in [5.41, 5.74) is 3.29. The van der Waals surface area contributed by atoms with Gasteiger partial charge in [0.05, 0.1) is 17.7 Å². The Morgan fingerprint density at radius 2 is 2.07 bits per heavy atom. The standard InChI is InChI=1S/C22H32N4O4/c1-7-13(2)15(4)24-16(5)21(27)25-18-8-9-26(12-19(18)30-6)20-10-17(22(28)29)14(3)11-23-20/h10-11,18-19H,7-9,12H2,1-6H3,(H,25,27)(H,28,29)/b15-13+,24-16+/t18?,19-/m0/s1. The number of carboxylic acid groups (broad SMARTS) is 1. The summed E-state index contributed by atoms with van der Waals surface area (Å²) >= 11 is 0. The van der Waals surface area contributed by atoms with Crippen molar-refractivity contribution in [2.24, 2.45) is 4.99 Å². The molecule has 1 aliphatic rings. The number of aliphatic imine (C=N–C) groups is 1. The molecule has 1 aliphatic heterocycles. The van der Waals surface area contributed by atoms with Crippen LogP contribution in [0.15, 0.2) is 28.5 Å². The Hall–Kier alpha value is -2.74. The number of carbonyl (C=O) groups excluding carboxylic acids is 1. The number of hydrogen-bond donors (Lipinski definition) is 2. The van der Waals surface area contributed by atoms with Crippen LogP contribution in [0.2, 0.25) is 0 Å². The van der Waals surface area contributed by atoms with Crippen molar-refractivity contribution < 1.29 is 19.4 Å². The van der Waals surface area contributed by atoms with Crippen LogP contribution >= 0.6 is 0 Å². The van der Waals surface area contributed by atoms with Gasteiger partial charge in [0, 0.05) is 32.1 Å². The maximum absolute atomic E-state index is 12.6. The van der Waals surface area contributed by atoms with Crippen LogP contribution in [-0.2, 0) is 9.53 Å². The lowest BCUT2D eigenvalue weighted by molar-refractivity contribution is -0.116. The molecule has 2 N–H and O–H groups in total. The number of carbonyl (C=O) groups is 2. The van der Waals surface area contributed by atoms with Gasteiger partial charge >= 0.3 is 5.97 Å². The molecule has 0 aromatic carbocycles. The maximum atomic E-state index is 12.6. The summed E-state index contributed by atoms with van der Waals surface area (Å²) in [6.07, 6.45) is 2.87. The Balaban J connectivity index is 2.10. The number of hydrogen-bond acceptors (Lipinski definition) is 6. The molecule has 0 saturated carbocycles. The molecule has 0 aliphatic carbocycles. The van der Waals surface area contributed by atoms with E-state index in [0.717, 1.165) is 17.7 Å². The molecule has 8 heteroatoms. The van der Waals surface area contributed by atoms with Crippen LogP contribution in [0.5, 0.6) is 0 Å². The number of methoxy groups -OCH3 is 1. The highest BCUT2D eigenvalue weighted by molar-refractivity contribution is 6.38. The van der Waals surface area contributed by atoms with Gasteiger partial charge in [0.15, 0.2) is 0 Å². The van der Waals surface area contributed by atoms with E-state index in [-0.39, 0.29) is 23.6 Å². The molecule has 1 fully saturated rings. The number of aromatic nitrogens is 1. The minimum atomic E-state index is -0.973. The molecule has 1 saturated heterocycles. The summed E-state index contributed by atoms with van der Waals surface area (Å²) in [6, 6.07) is 1.43. The highest BCUT2D eigenvalue weighted by atomic mass is 16.5. The molecule has 0 spiro atoms. The van der Waals surface area contributed by atoms with Gasteiger partial charge in [0.25, 0.3) is 5.91 Å². The number of ether oxygens (including phenoxy) is 1. The molecule has 0 radical (unpaired) electrons. The summed E-state index contributed by atoms with van der Waals surface area (Å²) in [7, 11) is 1.61. The van der Waals surface area contributed by atoms with Gasteiger partial charge < -0.3 is 20.1 Å². The number of carboxylic acids is 1. The van der Waals surface area contributed by atoms with Crippen molar-refractivity contribution in [3.63, 3.8) is 0 Å². The molecule has 2 atom stereocenters. The molecule has 164 valence electrons. The minimum absolute atomic E-state index is 0.162. The van der Waals surface area contributed by atoms with E-state index in [2.05, 4.69) is 22.2 Å². The zero-order valence-electron chi connectivity index (χ0n) is 18.7. The molecule has 1 unspecified atom stereocenters. The number of allylic oxidation sites excluding steroid dienone is 2. The zero-order chi connectivity index (χ0) is 22.4. The second kappa shape index (κ2) is 10.3. The third kappa shape index (κ3) is 5.66. The van der Waals surface area contributed by atoms with Crippen molar-refractivity contribution in [3.8, 4) is 0 Å². The molecule has 2 heterocycles. The van der Waals surface area contributed by atoms with E-state index in [1.54, 1.807) is 33.2 Å². The highest BCUT2D eigenvalue weighted by Gasteiger charge is 2.31. The second-order valence-corrected chi connectivity index (χ2v) is 7.67. The number of amides is 1. The van der Waals surface area contributed by atoms with Crippen LogP contribution in [-0.4, -0.2) is 60.0 Å². The predicted octanol–water partition coefficient (Wildman–Crippen LogP) is 2.96. The minimum Gasteiger partial charge on any atom is -0.478 e. The lowest BCUT2D eigenvalue weighted by Crippen LogP contribution is -2.56. The number of pyridine rings is 1. The summed E-state index contributed by atoms with van der Waals surface area (Å²) in [4.78, 5) is 34.8. The fraction of sp³-hybridized carbons (Fsp3) is 0.545. The van der Waals surface area contributed by atoms with Gasteiger partial charge in [0.1, 0.15) is 11.5 Å². The quantitative estimate of drug-likeness (QED) is 0.662. The normalized spacial score (nSPS) is 20.6. The molecule has 0 bridgehead atoms. The van der Waals surface area contributed by atoms with Gasteiger partial charge in [-0.15, -0.1) is 0 Å². The van der Waals surface area contributed by atoms with Crippen LogP contribution < -0.4 is 10.2 Å². The lowest BCUT2D eigenvalue weighted by Gasteiger charge is -2.38. The Morgan fingerprint density at radius 1 is 1.37 bits per heavy atom. The Bertz CT molecular complexity index is 863. The average Bonchev–Trinajstić information content (AvgIpc) is 2.73. The van der Waals surface area contributed by atoms with Gasteiger partial charge in [-0.2, -0.15) is 0 Å². The SMILES string of the molecule is CC/C(C)=C(C)/N=C(\C)C(=O)NC1CCN(c2cc(C(=O)O)c(C)cn2)C[C@@H]1OC. The summed E-state index contributed by atoms with van der Waals surface area (Å²) in [6.45, 7) is 10.5. The molecule has 1 aromatic heterocycles. The van der Waals surface area contributed by atoms with Crippen molar-refractivity contribution in [1.29, 1.82) is 0 Å². The molecule has 2 rings (SSSR count). The molecule has 1 amide bonds. The zero-order valence-corrected chi connectivity index (χ0v) is 18.7. The lowest BCUT2D eigenvalue weighted by atomic mass is 10.0. The van der Waals surface area contributed by atoms with Crippen molar-refractivity contribution in [1.82, 2.24) is 10.3 Å². The van der Waals surface area contributed by atoms with E-state index >= 15 is 0 Å². The number of nitrogens with one attached hydrogen (secondary N) is 1. The van der Waals surface area contributed by atoms with Crippen molar-refractivity contribution in [2.75, 3.05) is 25.1 Å². The number of piperidine rings is 1. The highest BCUT2D eigenvalue weighted by Crippen LogP contribution is 2.22. The van der Waals surface area contributed by atoms with E-state index in [1.165, 1.54) is 0 Å². The Labute approximate surface area is 178 Å². The fourth-order valence-corrected chi connectivity index (χ4v) is 3.37. The number of anilines is 1. The third-order valence-electron chi connectivity index (χ3n) is 5.63. The van der Waals surface area contributed by atoms with Gasteiger partial charge in [-0.25, -0.2) is 9.78 Å². The first kappa shape index (κ1) is 23.5. The topological polar surface area (TPSA) is 104 Å². The van der Waals surface area contributed by atoms with E-state index in [4.69, 9.17) is 4.74 Å². The second-order valence-electron chi connectivity index (χ2n) is 7.67. The molecule has 30 heavy (non-hydrogen) atoms. The van der Waals surface area contributed by atoms with Crippen molar-refractivity contribution >= 4 is 23.4 Å². The first-order chi connectivity index (χ1) is 14.2. The molecular formula is C22H32N4O4. The molecular weight excluding hydrogens is 384 g/mol. The van der Waals surface area contributed by atoms with Crippen molar-refractivity contribution in [3.05, 3.63) is 34.7 Å². The predicted molar refractivity (Wildman–Crippen MR) is 117 cm³/mol. The van der Waals surface area contributed by atoms with Crippen LogP contribution in [0.1, 0.15) is 56.5 Å². The largest absolute Gasteiger partial charge is 0.478 e.